The van der Waals surface area contributed by atoms with Gasteiger partial charge in [0.1, 0.15) is 11.8 Å². The van der Waals surface area contributed by atoms with Crippen molar-refractivity contribution in [3.8, 4) is 12.1 Å². The Morgan fingerprint density at radius 1 is 0.900 bits per heavy atom. The third kappa shape index (κ3) is 6.14. The zero-order valence-corrected chi connectivity index (χ0v) is 16.8. The lowest BCUT2D eigenvalue weighted by atomic mass is 9.94. The fourth-order valence-electron chi connectivity index (χ4n) is 2.97. The molecule has 0 spiro atoms. The van der Waals surface area contributed by atoms with Gasteiger partial charge in [0.2, 0.25) is 17.5 Å². The number of carboxylic acids is 2. The van der Waals surface area contributed by atoms with Gasteiger partial charge in [0.05, 0.1) is 25.4 Å². The number of nitrogens with zero attached hydrogens (tertiary/aromatic N) is 4. The van der Waals surface area contributed by atoms with Crippen molar-refractivity contribution in [3.63, 3.8) is 0 Å². The fraction of sp³-hybridized carbons (Fsp3) is 0.667. The van der Waals surface area contributed by atoms with Crippen molar-refractivity contribution in [2.24, 2.45) is 11.8 Å². The van der Waals surface area contributed by atoms with Crippen molar-refractivity contribution in [2.45, 2.75) is 38.8 Å². The van der Waals surface area contributed by atoms with E-state index in [1.807, 2.05) is 0 Å². The number of nitriles is 2. The summed E-state index contributed by atoms with van der Waals surface area (Å²) in [5.41, 5.74) is -2.52. The van der Waals surface area contributed by atoms with E-state index in [2.05, 4.69) is 0 Å². The van der Waals surface area contributed by atoms with Gasteiger partial charge >= 0.3 is 11.9 Å². The Labute approximate surface area is 173 Å². The average molecular weight is 426 g/mol. The van der Waals surface area contributed by atoms with Crippen LogP contribution >= 0.6 is 0 Å². The van der Waals surface area contributed by atoms with E-state index < -0.39 is 80.4 Å². The van der Waals surface area contributed by atoms with E-state index in [1.54, 1.807) is 12.1 Å². The number of aliphatic carboxylic acids is 2. The number of hydrogen-bond donors (Lipinski definition) is 4. The second-order valence-electron chi connectivity index (χ2n) is 6.50. The third-order valence-corrected chi connectivity index (χ3v) is 4.46. The monoisotopic (exact) mass is 426 g/mol. The van der Waals surface area contributed by atoms with Crippen molar-refractivity contribution < 1.29 is 39.6 Å². The predicted octanol–water partition coefficient (Wildman–Crippen LogP) is -1.02. The van der Waals surface area contributed by atoms with Crippen LogP contribution in [0.5, 0.6) is 0 Å². The van der Waals surface area contributed by atoms with E-state index in [-0.39, 0.29) is 6.42 Å². The normalized spacial score (nSPS) is 14.3. The second kappa shape index (κ2) is 12.4. The molecule has 12 heteroatoms. The molecule has 0 radical (unpaired) electrons. The van der Waals surface area contributed by atoms with Gasteiger partial charge in [-0.2, -0.15) is 10.5 Å². The molecule has 2 unspecified atom stereocenters. The molecule has 4 N–H and O–H groups in total. The maximum atomic E-state index is 12.8. The summed E-state index contributed by atoms with van der Waals surface area (Å²) in [4.78, 5) is 50.4. The van der Waals surface area contributed by atoms with Crippen LogP contribution in [0.4, 0.5) is 0 Å². The largest absolute Gasteiger partial charge is 0.481 e. The molecule has 0 heterocycles. The molecule has 0 aromatic rings. The molecule has 0 bridgehead atoms. The Kier molecular flexibility index (Phi) is 11.0. The lowest BCUT2D eigenvalue weighted by Gasteiger charge is -2.48. The van der Waals surface area contributed by atoms with Crippen molar-refractivity contribution in [3.05, 3.63) is 0 Å². The van der Waals surface area contributed by atoms with Crippen LogP contribution in [0, 0.1) is 34.5 Å². The Morgan fingerprint density at radius 2 is 1.30 bits per heavy atom. The van der Waals surface area contributed by atoms with Gasteiger partial charge in [-0.3, -0.25) is 14.4 Å². The van der Waals surface area contributed by atoms with Gasteiger partial charge in [-0.15, -0.1) is 0 Å². The molecule has 166 valence electrons. The minimum Gasteiger partial charge on any atom is -0.481 e. The van der Waals surface area contributed by atoms with Gasteiger partial charge in [0.25, 0.3) is 0 Å². The van der Waals surface area contributed by atoms with Gasteiger partial charge in [-0.05, 0) is 20.3 Å². The van der Waals surface area contributed by atoms with E-state index >= 15 is 0 Å². The van der Waals surface area contributed by atoms with Crippen LogP contribution in [0.2, 0.25) is 0 Å². The topological polar surface area (TPSA) is 203 Å². The number of hydrogen-bond acceptors (Lipinski definition) is 8. The Bertz CT molecular complexity index is 685. The van der Waals surface area contributed by atoms with Gasteiger partial charge in [-0.25, -0.2) is 4.79 Å². The third-order valence-electron chi connectivity index (χ3n) is 4.46. The minimum absolute atomic E-state index is 0.284. The number of amides is 2. The average Bonchev–Trinajstić information content (AvgIpc) is 2.71. The molecule has 0 aromatic heterocycles. The summed E-state index contributed by atoms with van der Waals surface area (Å²) in [7, 11) is 0. The van der Waals surface area contributed by atoms with Crippen molar-refractivity contribution in [1.29, 1.82) is 10.5 Å². The van der Waals surface area contributed by atoms with Gasteiger partial charge in [0, 0.05) is 25.9 Å². The molecule has 2 atom stereocenters. The lowest BCUT2D eigenvalue weighted by molar-refractivity contribution is -0.185. The number of aliphatic hydroxyl groups is 2. The molecule has 0 rings (SSSR count). The molecule has 12 nitrogen and oxygen atoms in total. The molecular formula is C18H26N4O8. The van der Waals surface area contributed by atoms with Crippen LogP contribution in [0.25, 0.3) is 0 Å². The Hall–Kier alpha value is -3.22. The first-order valence-corrected chi connectivity index (χ1v) is 9.14. The van der Waals surface area contributed by atoms with E-state index in [0.29, 0.717) is 9.80 Å². The maximum absolute atomic E-state index is 12.8. The quantitative estimate of drug-likeness (QED) is 0.264. The second-order valence-corrected chi connectivity index (χ2v) is 6.50. The first kappa shape index (κ1) is 26.8. The summed E-state index contributed by atoms with van der Waals surface area (Å²) in [6, 6.07) is 3.32. The highest BCUT2D eigenvalue weighted by Crippen LogP contribution is 2.31. The van der Waals surface area contributed by atoms with Crippen LogP contribution in [-0.4, -0.2) is 85.9 Å². The maximum Gasteiger partial charge on any atom is 0.351 e. The molecule has 0 aliphatic heterocycles. The first-order chi connectivity index (χ1) is 14.0. The molecule has 0 saturated heterocycles. The first-order valence-electron chi connectivity index (χ1n) is 9.14. The van der Waals surface area contributed by atoms with Crippen LogP contribution in [-0.2, 0) is 19.2 Å². The molecule has 30 heavy (non-hydrogen) atoms. The zero-order chi connectivity index (χ0) is 23.5. The van der Waals surface area contributed by atoms with Crippen molar-refractivity contribution in [2.75, 3.05) is 26.3 Å². The summed E-state index contributed by atoms with van der Waals surface area (Å²) < 4.78 is 0. The van der Waals surface area contributed by atoms with E-state index in [4.69, 9.17) is 15.6 Å². The lowest BCUT2D eigenvalue weighted by Crippen LogP contribution is -2.70. The van der Waals surface area contributed by atoms with Crippen molar-refractivity contribution >= 4 is 23.8 Å². The summed E-state index contributed by atoms with van der Waals surface area (Å²) in [6.07, 6.45) is -1.34. The molecule has 0 aliphatic rings. The Morgan fingerprint density at radius 3 is 1.57 bits per heavy atom. The molecular weight excluding hydrogens is 400 g/mol. The standard InChI is InChI=1S/C18H26N4O8/c1-12(10-19)15(27)21(6-8-23)18(17(29)30,5-3-4-14(25)26)22(7-9-24)16(28)13(2)11-20/h12-13,23-24H,3-9H2,1-2H3,(H,25,26)(H,29,30). The smallest absolute Gasteiger partial charge is 0.351 e. The highest BCUT2D eigenvalue weighted by atomic mass is 16.4. The van der Waals surface area contributed by atoms with Crippen LogP contribution in [0.1, 0.15) is 33.1 Å². The number of aliphatic hydroxyl groups excluding tert-OH is 2. The van der Waals surface area contributed by atoms with Crippen LogP contribution in [0.15, 0.2) is 0 Å². The highest BCUT2D eigenvalue weighted by molar-refractivity contribution is 5.93. The summed E-state index contributed by atoms with van der Waals surface area (Å²) in [6.45, 7) is -0.195. The summed E-state index contributed by atoms with van der Waals surface area (Å²) in [5.74, 6) is -7.67. The minimum atomic E-state index is -2.52. The van der Waals surface area contributed by atoms with Gasteiger partial charge < -0.3 is 30.2 Å². The van der Waals surface area contributed by atoms with Gasteiger partial charge in [-0.1, -0.05) is 0 Å². The van der Waals surface area contributed by atoms with Gasteiger partial charge in [0.15, 0.2) is 0 Å². The molecule has 0 aliphatic carbocycles. The number of carbonyl (C=O) groups is 4. The molecule has 0 saturated carbocycles. The van der Waals surface area contributed by atoms with Crippen LogP contribution < -0.4 is 0 Å². The SMILES string of the molecule is CC(C#N)C(=O)N(CCO)C(CCCC(=O)O)(C(=O)O)N(CCO)C(=O)C(C)C#N. The molecule has 0 fully saturated rings. The Balaban J connectivity index is 6.81. The van der Waals surface area contributed by atoms with Crippen molar-refractivity contribution in [1.82, 2.24) is 9.80 Å². The fourth-order valence-corrected chi connectivity index (χ4v) is 2.97. The predicted molar refractivity (Wildman–Crippen MR) is 99.0 cm³/mol. The zero-order valence-electron chi connectivity index (χ0n) is 16.8. The summed E-state index contributed by atoms with van der Waals surface area (Å²) >= 11 is 0. The van der Waals surface area contributed by atoms with E-state index in [0.717, 1.165) is 0 Å². The van der Waals surface area contributed by atoms with Crippen LogP contribution in [0.3, 0.4) is 0 Å². The number of rotatable bonds is 13. The van der Waals surface area contributed by atoms with E-state index in [9.17, 15) is 34.5 Å². The summed E-state index contributed by atoms with van der Waals surface area (Å²) in [5, 5.41) is 56.1. The van der Waals surface area contributed by atoms with E-state index in [1.165, 1.54) is 13.8 Å². The molecule has 2 amide bonds. The highest BCUT2D eigenvalue weighted by Gasteiger charge is 2.54. The number of carboxylic acid groups (broad SMARTS) is 2. The molecule has 0 aromatic carbocycles. The number of carbonyl (C=O) groups excluding carboxylic acids is 2.